The molecule has 0 saturated carbocycles. The van der Waals surface area contributed by atoms with Crippen molar-refractivity contribution in [1.29, 1.82) is 0 Å². The van der Waals surface area contributed by atoms with E-state index in [0.29, 0.717) is 11.4 Å². The first-order chi connectivity index (χ1) is 9.38. The summed E-state index contributed by atoms with van der Waals surface area (Å²) >= 11 is 0.944. The van der Waals surface area contributed by atoms with E-state index in [4.69, 9.17) is 0 Å². The topological polar surface area (TPSA) is 59.8 Å². The van der Waals surface area contributed by atoms with E-state index in [1.54, 1.807) is 7.05 Å². The van der Waals surface area contributed by atoms with Gasteiger partial charge in [-0.2, -0.15) is 13.2 Å². The number of aromatic nitrogens is 3. The zero-order valence-electron chi connectivity index (χ0n) is 10.4. The molecule has 0 atom stereocenters. The molecule has 5 nitrogen and oxygen atoms in total. The molecule has 1 N–H and O–H groups in total. The van der Waals surface area contributed by atoms with Gasteiger partial charge in [0.2, 0.25) is 0 Å². The Bertz CT molecular complexity index is 650. The Balaban J connectivity index is 1.95. The maximum absolute atomic E-state index is 12.4. The van der Waals surface area contributed by atoms with Crippen LogP contribution in [0.4, 0.5) is 19.0 Å². The lowest BCUT2D eigenvalue weighted by Gasteiger charge is -2.04. The number of anilines is 1. The molecular weight excluding hydrogens is 293 g/mol. The van der Waals surface area contributed by atoms with Crippen LogP contribution in [0, 0.1) is 0 Å². The van der Waals surface area contributed by atoms with Crippen LogP contribution in [0.2, 0.25) is 0 Å². The van der Waals surface area contributed by atoms with Gasteiger partial charge in [-0.25, -0.2) is 9.97 Å². The van der Waals surface area contributed by atoms with Gasteiger partial charge in [0, 0.05) is 37.8 Å². The molecular formula is C11H11F3N4OS. The van der Waals surface area contributed by atoms with E-state index >= 15 is 0 Å². The first kappa shape index (κ1) is 14.5. The minimum absolute atomic E-state index is 0.169. The SMILES string of the molecule is Cn1ccnc(NCCc2nc(C(F)(F)F)cs2)c1=O. The molecule has 0 bridgehead atoms. The number of hydrogen-bond donors (Lipinski definition) is 1. The molecule has 0 spiro atoms. The average molecular weight is 304 g/mol. The fourth-order valence-corrected chi connectivity index (χ4v) is 2.27. The van der Waals surface area contributed by atoms with Gasteiger partial charge in [-0.1, -0.05) is 0 Å². The Hall–Kier alpha value is -1.90. The minimum Gasteiger partial charge on any atom is -0.365 e. The standard InChI is InChI=1S/C11H11F3N4OS/c1-18-5-4-16-9(10(18)19)15-3-2-8-17-7(6-20-8)11(12,13)14/h4-6H,2-3H2,1H3,(H,15,16). The van der Waals surface area contributed by atoms with Gasteiger partial charge in [-0.05, 0) is 0 Å². The Morgan fingerprint density at radius 2 is 2.20 bits per heavy atom. The van der Waals surface area contributed by atoms with E-state index in [1.165, 1.54) is 17.0 Å². The highest BCUT2D eigenvalue weighted by molar-refractivity contribution is 7.09. The van der Waals surface area contributed by atoms with Crippen molar-refractivity contribution in [3.8, 4) is 0 Å². The monoisotopic (exact) mass is 304 g/mol. The van der Waals surface area contributed by atoms with Crippen LogP contribution in [0.5, 0.6) is 0 Å². The summed E-state index contributed by atoms with van der Waals surface area (Å²) in [6.07, 6.45) is -1.14. The van der Waals surface area contributed by atoms with Crippen molar-refractivity contribution in [3.63, 3.8) is 0 Å². The Kier molecular flexibility index (Phi) is 4.07. The van der Waals surface area contributed by atoms with E-state index in [0.717, 1.165) is 16.7 Å². The summed E-state index contributed by atoms with van der Waals surface area (Å²) in [5, 5.41) is 4.13. The molecule has 0 aromatic carbocycles. The smallest absolute Gasteiger partial charge is 0.365 e. The van der Waals surface area contributed by atoms with Gasteiger partial charge < -0.3 is 9.88 Å². The number of thiazole rings is 1. The van der Waals surface area contributed by atoms with Gasteiger partial charge in [-0.15, -0.1) is 11.3 Å². The number of nitrogens with zero attached hydrogens (tertiary/aromatic N) is 3. The predicted octanol–water partition coefficient (Wildman–Crippen LogP) is 1.91. The van der Waals surface area contributed by atoms with E-state index in [2.05, 4.69) is 15.3 Å². The number of hydrogen-bond acceptors (Lipinski definition) is 5. The molecule has 0 amide bonds. The highest BCUT2D eigenvalue weighted by Gasteiger charge is 2.33. The largest absolute Gasteiger partial charge is 0.434 e. The van der Waals surface area contributed by atoms with E-state index in [-0.39, 0.29) is 17.9 Å². The number of aryl methyl sites for hydroxylation is 1. The normalized spacial score (nSPS) is 11.6. The van der Waals surface area contributed by atoms with Crippen LogP contribution in [0.25, 0.3) is 0 Å². The summed E-state index contributed by atoms with van der Waals surface area (Å²) in [5.74, 6) is 0.169. The van der Waals surface area contributed by atoms with Crippen molar-refractivity contribution in [2.75, 3.05) is 11.9 Å². The second-order valence-corrected chi connectivity index (χ2v) is 4.94. The molecule has 20 heavy (non-hydrogen) atoms. The molecule has 2 rings (SSSR count). The summed E-state index contributed by atoms with van der Waals surface area (Å²) in [6, 6.07) is 0. The third-order valence-corrected chi connectivity index (χ3v) is 3.40. The fourth-order valence-electron chi connectivity index (χ4n) is 1.46. The first-order valence-corrected chi connectivity index (χ1v) is 6.53. The molecule has 2 aromatic heterocycles. The molecule has 9 heteroatoms. The molecule has 2 heterocycles. The van der Waals surface area contributed by atoms with Crippen LogP contribution in [0.3, 0.4) is 0 Å². The second kappa shape index (κ2) is 5.61. The molecule has 0 radical (unpaired) electrons. The third kappa shape index (κ3) is 3.35. The first-order valence-electron chi connectivity index (χ1n) is 5.65. The van der Waals surface area contributed by atoms with Gasteiger partial charge in [-0.3, -0.25) is 4.79 Å². The van der Waals surface area contributed by atoms with Crippen LogP contribution in [0.1, 0.15) is 10.7 Å². The minimum atomic E-state index is -4.42. The highest BCUT2D eigenvalue weighted by atomic mass is 32.1. The van der Waals surface area contributed by atoms with Crippen molar-refractivity contribution in [1.82, 2.24) is 14.5 Å². The number of alkyl halides is 3. The lowest BCUT2D eigenvalue weighted by molar-refractivity contribution is -0.140. The van der Waals surface area contributed by atoms with Crippen molar-refractivity contribution >= 4 is 17.2 Å². The Labute approximate surface area is 116 Å². The molecule has 0 aliphatic rings. The lowest BCUT2D eigenvalue weighted by Crippen LogP contribution is -2.22. The summed E-state index contributed by atoms with van der Waals surface area (Å²) in [4.78, 5) is 19.0. The predicted molar refractivity (Wildman–Crippen MR) is 68.8 cm³/mol. The third-order valence-electron chi connectivity index (χ3n) is 2.49. The van der Waals surface area contributed by atoms with Crippen molar-refractivity contribution in [2.24, 2.45) is 7.05 Å². The van der Waals surface area contributed by atoms with Crippen LogP contribution in [-0.2, 0) is 19.6 Å². The average Bonchev–Trinajstić information content (AvgIpc) is 2.83. The van der Waals surface area contributed by atoms with Gasteiger partial charge in [0.25, 0.3) is 5.56 Å². The molecule has 2 aromatic rings. The van der Waals surface area contributed by atoms with Gasteiger partial charge in [0.1, 0.15) is 0 Å². The number of halogens is 3. The Morgan fingerprint density at radius 3 is 2.85 bits per heavy atom. The van der Waals surface area contributed by atoms with Crippen LogP contribution < -0.4 is 10.9 Å². The lowest BCUT2D eigenvalue weighted by atomic mass is 10.4. The van der Waals surface area contributed by atoms with Crippen molar-refractivity contribution in [3.05, 3.63) is 38.8 Å². The van der Waals surface area contributed by atoms with Crippen molar-refractivity contribution in [2.45, 2.75) is 12.6 Å². The highest BCUT2D eigenvalue weighted by Crippen LogP contribution is 2.30. The summed E-state index contributed by atoms with van der Waals surface area (Å²) in [5.41, 5.74) is -1.17. The summed E-state index contributed by atoms with van der Waals surface area (Å²) < 4.78 is 38.4. The van der Waals surface area contributed by atoms with Crippen molar-refractivity contribution < 1.29 is 13.2 Å². The maximum Gasteiger partial charge on any atom is 0.434 e. The maximum atomic E-state index is 12.4. The quantitative estimate of drug-likeness (QED) is 0.937. The van der Waals surface area contributed by atoms with E-state index < -0.39 is 11.9 Å². The molecule has 0 fully saturated rings. The van der Waals surface area contributed by atoms with Crippen LogP contribution >= 0.6 is 11.3 Å². The molecule has 0 aliphatic heterocycles. The number of rotatable bonds is 4. The van der Waals surface area contributed by atoms with Crippen LogP contribution in [0.15, 0.2) is 22.6 Å². The van der Waals surface area contributed by atoms with Gasteiger partial charge in [0.15, 0.2) is 11.5 Å². The molecule has 0 unspecified atom stereocenters. The zero-order chi connectivity index (χ0) is 14.8. The van der Waals surface area contributed by atoms with E-state index in [9.17, 15) is 18.0 Å². The fraction of sp³-hybridized carbons (Fsp3) is 0.364. The number of nitrogens with one attached hydrogen (secondary N) is 1. The summed E-state index contributed by atoms with van der Waals surface area (Å²) in [7, 11) is 1.59. The molecule has 108 valence electrons. The summed E-state index contributed by atoms with van der Waals surface area (Å²) in [6.45, 7) is 0.289. The van der Waals surface area contributed by atoms with Gasteiger partial charge >= 0.3 is 6.18 Å². The zero-order valence-corrected chi connectivity index (χ0v) is 11.3. The van der Waals surface area contributed by atoms with Gasteiger partial charge in [0.05, 0.1) is 5.01 Å². The molecule has 0 saturated heterocycles. The molecule has 0 aliphatic carbocycles. The second-order valence-electron chi connectivity index (χ2n) is 3.99. The van der Waals surface area contributed by atoms with E-state index in [1.807, 2.05) is 0 Å². The van der Waals surface area contributed by atoms with Crippen LogP contribution in [-0.4, -0.2) is 21.1 Å². The Morgan fingerprint density at radius 1 is 1.45 bits per heavy atom.